The van der Waals surface area contributed by atoms with Crippen LogP contribution in [0.5, 0.6) is 0 Å². The van der Waals surface area contributed by atoms with E-state index in [0.29, 0.717) is 15.8 Å². The lowest BCUT2D eigenvalue weighted by molar-refractivity contribution is -0.122. The summed E-state index contributed by atoms with van der Waals surface area (Å²) in [7, 11) is 0. The highest BCUT2D eigenvalue weighted by Crippen LogP contribution is 2.31. The zero-order valence-corrected chi connectivity index (χ0v) is 10.4. The van der Waals surface area contributed by atoms with Crippen LogP contribution in [0.4, 0.5) is 0 Å². The molecule has 2 rings (SSSR count). The maximum absolute atomic E-state index is 11.9. The minimum Gasteiger partial charge on any atom is -0.288 e. The quantitative estimate of drug-likeness (QED) is 0.465. The van der Waals surface area contributed by atoms with Gasteiger partial charge in [-0.15, -0.1) is 0 Å². The highest BCUT2D eigenvalue weighted by atomic mass is 32.2. The first kappa shape index (κ1) is 11.8. The lowest BCUT2D eigenvalue weighted by Crippen LogP contribution is -2.27. The molecule has 17 heavy (non-hydrogen) atoms. The number of nitriles is 1. The fraction of sp³-hybridized carbons (Fsp3) is 0.0833. The number of rotatable bonds is 2. The summed E-state index contributed by atoms with van der Waals surface area (Å²) in [5.74, 6) is -0.189. The van der Waals surface area contributed by atoms with E-state index in [2.05, 4.69) is 0 Å². The Morgan fingerprint density at radius 1 is 1.41 bits per heavy atom. The molecule has 84 valence electrons. The van der Waals surface area contributed by atoms with Gasteiger partial charge in [-0.05, 0) is 5.56 Å². The van der Waals surface area contributed by atoms with Crippen molar-refractivity contribution in [3.05, 3.63) is 46.9 Å². The van der Waals surface area contributed by atoms with Crippen molar-refractivity contribution in [3.8, 4) is 6.07 Å². The molecular formula is C12H8N2OS2. The Kier molecular flexibility index (Phi) is 3.57. The van der Waals surface area contributed by atoms with E-state index >= 15 is 0 Å². The van der Waals surface area contributed by atoms with E-state index in [9.17, 15) is 4.79 Å². The average molecular weight is 260 g/mol. The van der Waals surface area contributed by atoms with Gasteiger partial charge in [-0.1, -0.05) is 54.3 Å². The summed E-state index contributed by atoms with van der Waals surface area (Å²) >= 11 is 6.30. The minimum atomic E-state index is -0.189. The van der Waals surface area contributed by atoms with Crippen LogP contribution < -0.4 is 0 Å². The average Bonchev–Trinajstić information content (AvgIpc) is 2.59. The van der Waals surface area contributed by atoms with E-state index in [1.54, 1.807) is 0 Å². The van der Waals surface area contributed by atoms with Crippen molar-refractivity contribution in [3.63, 3.8) is 0 Å². The van der Waals surface area contributed by atoms with Crippen molar-refractivity contribution in [2.45, 2.75) is 6.54 Å². The number of nitrogens with zero attached hydrogens (tertiary/aromatic N) is 2. The zero-order chi connectivity index (χ0) is 12.3. The largest absolute Gasteiger partial charge is 0.288 e. The van der Waals surface area contributed by atoms with Crippen molar-refractivity contribution in [1.29, 1.82) is 5.26 Å². The number of amides is 1. The van der Waals surface area contributed by atoms with Gasteiger partial charge in [0, 0.05) is 6.08 Å². The molecule has 0 saturated carbocycles. The molecule has 1 amide bonds. The number of carbonyl (C=O) groups is 1. The van der Waals surface area contributed by atoms with Crippen molar-refractivity contribution in [2.24, 2.45) is 0 Å². The molecule has 0 radical (unpaired) electrons. The monoisotopic (exact) mass is 260 g/mol. The summed E-state index contributed by atoms with van der Waals surface area (Å²) in [6, 6.07) is 11.5. The van der Waals surface area contributed by atoms with Crippen LogP contribution in [0.15, 0.2) is 41.3 Å². The topological polar surface area (TPSA) is 44.1 Å². The number of carbonyl (C=O) groups excluding carboxylic acids is 1. The summed E-state index contributed by atoms with van der Waals surface area (Å²) < 4.78 is 0.500. The van der Waals surface area contributed by atoms with Gasteiger partial charge in [0.15, 0.2) is 0 Å². The zero-order valence-electron chi connectivity index (χ0n) is 8.79. The van der Waals surface area contributed by atoms with E-state index in [1.165, 1.54) is 22.7 Å². The summed E-state index contributed by atoms with van der Waals surface area (Å²) in [5.41, 5.74) is 1.02. The first-order valence-electron chi connectivity index (χ1n) is 4.90. The molecule has 1 heterocycles. The van der Waals surface area contributed by atoms with Crippen molar-refractivity contribution in [1.82, 2.24) is 4.90 Å². The Morgan fingerprint density at radius 2 is 2.12 bits per heavy atom. The SMILES string of the molecule is N#C/C=C1\SC(=S)N(Cc2ccccc2)C1=O. The minimum absolute atomic E-state index is 0.189. The third-order valence-corrected chi connectivity index (χ3v) is 3.63. The smallest absolute Gasteiger partial charge is 0.267 e. The van der Waals surface area contributed by atoms with Crippen LogP contribution in [-0.4, -0.2) is 15.1 Å². The van der Waals surface area contributed by atoms with Crippen molar-refractivity contribution >= 4 is 34.2 Å². The van der Waals surface area contributed by atoms with Gasteiger partial charge in [0.25, 0.3) is 5.91 Å². The molecule has 0 atom stereocenters. The third kappa shape index (κ3) is 2.54. The van der Waals surface area contributed by atoms with Crippen LogP contribution in [0.3, 0.4) is 0 Å². The molecular weight excluding hydrogens is 252 g/mol. The second-order valence-corrected chi connectivity index (χ2v) is 5.06. The second-order valence-electron chi connectivity index (χ2n) is 3.38. The molecule has 1 aliphatic rings. The van der Waals surface area contributed by atoms with Gasteiger partial charge < -0.3 is 0 Å². The van der Waals surface area contributed by atoms with Gasteiger partial charge in [-0.25, -0.2) is 0 Å². The fourth-order valence-electron chi connectivity index (χ4n) is 1.46. The number of allylic oxidation sites excluding steroid dienone is 1. The van der Waals surface area contributed by atoms with E-state index in [0.717, 1.165) is 5.56 Å². The maximum atomic E-state index is 11.9. The van der Waals surface area contributed by atoms with E-state index in [1.807, 2.05) is 36.4 Å². The number of thiocarbonyl (C=S) groups is 1. The first-order chi connectivity index (χ1) is 8.22. The molecule has 1 aromatic rings. The van der Waals surface area contributed by atoms with Gasteiger partial charge in [-0.3, -0.25) is 9.69 Å². The number of hydrogen-bond donors (Lipinski definition) is 0. The second kappa shape index (κ2) is 5.13. The number of benzene rings is 1. The Labute approximate surface area is 109 Å². The van der Waals surface area contributed by atoms with Gasteiger partial charge >= 0.3 is 0 Å². The van der Waals surface area contributed by atoms with Gasteiger partial charge in [0.05, 0.1) is 17.5 Å². The molecule has 5 heteroatoms. The third-order valence-electron chi connectivity index (χ3n) is 2.25. The Hall–Kier alpha value is -1.64. The van der Waals surface area contributed by atoms with Crippen LogP contribution in [-0.2, 0) is 11.3 Å². The molecule has 1 fully saturated rings. The number of hydrogen-bond acceptors (Lipinski definition) is 4. The molecule has 1 aromatic carbocycles. The molecule has 1 aliphatic heterocycles. The predicted octanol–water partition coefficient (Wildman–Crippen LogP) is 2.45. The molecule has 0 aromatic heterocycles. The number of thioether (sulfide) groups is 1. The predicted molar refractivity (Wildman–Crippen MR) is 70.9 cm³/mol. The Bertz CT molecular complexity index is 531. The Morgan fingerprint density at radius 3 is 2.76 bits per heavy atom. The standard InChI is InChI=1S/C12H8N2OS2/c13-7-6-10-11(15)14(12(16)17-10)8-9-4-2-1-3-5-9/h1-6H,8H2/b10-6-. The Balaban J connectivity index is 2.18. The molecule has 3 nitrogen and oxygen atoms in total. The molecule has 0 N–H and O–H groups in total. The summed E-state index contributed by atoms with van der Waals surface area (Å²) in [5, 5.41) is 8.55. The van der Waals surface area contributed by atoms with Gasteiger partial charge in [-0.2, -0.15) is 5.26 Å². The molecule has 0 bridgehead atoms. The van der Waals surface area contributed by atoms with Gasteiger partial charge in [0.1, 0.15) is 4.32 Å². The van der Waals surface area contributed by atoms with E-state index in [4.69, 9.17) is 17.5 Å². The molecule has 1 saturated heterocycles. The summed E-state index contributed by atoms with van der Waals surface area (Å²) in [6.45, 7) is 0.453. The van der Waals surface area contributed by atoms with E-state index in [-0.39, 0.29) is 5.91 Å². The lowest BCUT2D eigenvalue weighted by Gasteiger charge is -2.14. The summed E-state index contributed by atoms with van der Waals surface area (Å²) in [6.07, 6.45) is 1.24. The van der Waals surface area contributed by atoms with Crippen molar-refractivity contribution in [2.75, 3.05) is 0 Å². The molecule has 0 spiro atoms. The molecule has 0 unspecified atom stereocenters. The van der Waals surface area contributed by atoms with Crippen molar-refractivity contribution < 1.29 is 4.79 Å². The first-order valence-corrected chi connectivity index (χ1v) is 6.12. The normalized spacial score (nSPS) is 17.6. The van der Waals surface area contributed by atoms with Gasteiger partial charge in [0.2, 0.25) is 0 Å². The maximum Gasteiger partial charge on any atom is 0.267 e. The van der Waals surface area contributed by atoms with Crippen LogP contribution >= 0.6 is 24.0 Å². The van der Waals surface area contributed by atoms with Crippen LogP contribution in [0.25, 0.3) is 0 Å². The highest BCUT2D eigenvalue weighted by molar-refractivity contribution is 8.26. The van der Waals surface area contributed by atoms with Crippen LogP contribution in [0.2, 0.25) is 0 Å². The molecule has 0 aliphatic carbocycles. The van der Waals surface area contributed by atoms with Crippen LogP contribution in [0.1, 0.15) is 5.56 Å². The van der Waals surface area contributed by atoms with Crippen LogP contribution in [0, 0.1) is 11.3 Å². The fourth-order valence-corrected chi connectivity index (χ4v) is 2.63. The summed E-state index contributed by atoms with van der Waals surface area (Å²) in [4.78, 5) is 13.8. The lowest BCUT2D eigenvalue weighted by atomic mass is 10.2. The highest BCUT2D eigenvalue weighted by Gasteiger charge is 2.31. The van der Waals surface area contributed by atoms with E-state index < -0.39 is 0 Å².